The fourth-order valence-electron chi connectivity index (χ4n) is 4.31. The van der Waals surface area contributed by atoms with Crippen molar-refractivity contribution in [2.24, 2.45) is 0 Å². The van der Waals surface area contributed by atoms with Crippen LogP contribution in [0.2, 0.25) is 0 Å². The number of thioether (sulfide) groups is 1. The van der Waals surface area contributed by atoms with E-state index < -0.39 is 9.84 Å². The number of aromatic nitrogens is 2. The van der Waals surface area contributed by atoms with Crippen molar-refractivity contribution < 1.29 is 13.2 Å². The number of fused-ring (bicyclic) bond motifs is 1. The summed E-state index contributed by atoms with van der Waals surface area (Å²) in [4.78, 5) is 27.8. The lowest BCUT2D eigenvalue weighted by atomic mass is 10.2. The van der Waals surface area contributed by atoms with Crippen molar-refractivity contribution in [3.8, 4) is 10.4 Å². The van der Waals surface area contributed by atoms with Gasteiger partial charge in [-0.15, -0.1) is 11.3 Å². The molecule has 2 aliphatic rings. The maximum atomic E-state index is 12.8. The Morgan fingerprint density at radius 2 is 1.91 bits per heavy atom. The Balaban J connectivity index is 1.20. The van der Waals surface area contributed by atoms with Gasteiger partial charge in [0.05, 0.1) is 17.3 Å². The molecule has 4 heterocycles. The zero-order valence-corrected chi connectivity index (χ0v) is 20.0. The van der Waals surface area contributed by atoms with Crippen molar-refractivity contribution in [3.63, 3.8) is 0 Å². The second-order valence-electron chi connectivity index (χ2n) is 8.14. The normalized spacial score (nSPS) is 21.2. The fourth-order valence-corrected chi connectivity index (χ4v) is 8.02. The van der Waals surface area contributed by atoms with Gasteiger partial charge in [-0.05, 0) is 18.1 Å². The van der Waals surface area contributed by atoms with Crippen molar-refractivity contribution in [1.29, 1.82) is 0 Å². The number of thiophene rings is 1. The van der Waals surface area contributed by atoms with E-state index in [1.165, 1.54) is 11.8 Å². The van der Waals surface area contributed by atoms with Gasteiger partial charge in [-0.1, -0.05) is 42.1 Å². The Hall–Kier alpha value is -2.01. The Kier molecular flexibility index (Phi) is 6.20. The second-order valence-corrected chi connectivity index (χ2v) is 12.4. The molecule has 1 amide bonds. The van der Waals surface area contributed by atoms with Crippen LogP contribution >= 0.6 is 23.1 Å². The predicted octanol–water partition coefficient (Wildman–Crippen LogP) is 2.78. The molecule has 1 aromatic carbocycles. The average Bonchev–Trinajstić information content (AvgIpc) is 3.41. The lowest BCUT2D eigenvalue weighted by molar-refractivity contribution is -0.130. The highest BCUT2D eigenvalue weighted by Gasteiger charge is 2.34. The van der Waals surface area contributed by atoms with E-state index in [2.05, 4.69) is 33.1 Å². The average molecular weight is 489 g/mol. The third kappa shape index (κ3) is 4.68. The lowest BCUT2D eigenvalue weighted by Gasteiger charge is -2.37. The molecule has 3 aromatic rings. The summed E-state index contributed by atoms with van der Waals surface area (Å²) in [7, 11) is -2.88. The van der Waals surface area contributed by atoms with Gasteiger partial charge in [-0.3, -0.25) is 9.69 Å². The van der Waals surface area contributed by atoms with Crippen LogP contribution in [0.4, 0.5) is 0 Å². The number of piperazine rings is 1. The SMILES string of the molecule is O=C(CSc1ncnc2sc(-c3ccccc3)cc12)N1CCN(C2CCS(=O)(=O)C2)CC1. The van der Waals surface area contributed by atoms with Gasteiger partial charge in [0.2, 0.25) is 5.91 Å². The van der Waals surface area contributed by atoms with Crippen LogP contribution in [-0.2, 0) is 14.6 Å². The van der Waals surface area contributed by atoms with Gasteiger partial charge in [0.25, 0.3) is 0 Å². The molecule has 1 unspecified atom stereocenters. The van der Waals surface area contributed by atoms with Crippen LogP contribution in [0.1, 0.15) is 6.42 Å². The summed E-state index contributed by atoms with van der Waals surface area (Å²) in [5.74, 6) is 0.973. The molecule has 1 atom stereocenters. The number of nitrogens with zero attached hydrogens (tertiary/aromatic N) is 4. The van der Waals surface area contributed by atoms with Crippen LogP contribution < -0.4 is 0 Å². The van der Waals surface area contributed by atoms with E-state index in [0.717, 1.165) is 38.8 Å². The molecular weight excluding hydrogens is 464 g/mol. The highest BCUT2D eigenvalue weighted by Crippen LogP contribution is 2.36. The lowest BCUT2D eigenvalue weighted by Crippen LogP contribution is -2.52. The Labute approximate surface area is 195 Å². The monoisotopic (exact) mass is 488 g/mol. The highest BCUT2D eigenvalue weighted by atomic mass is 32.2. The second kappa shape index (κ2) is 9.09. The number of rotatable bonds is 5. The molecule has 0 bridgehead atoms. The standard InChI is InChI=1S/C22H24N4O3S3/c27-20(26-9-7-25(8-10-26)17-6-11-32(28,29)14-17)13-30-21-18-12-19(16-4-2-1-3-5-16)31-22(18)24-15-23-21/h1-5,12,15,17H,6-11,13-14H2. The molecule has 0 saturated carbocycles. The van der Waals surface area contributed by atoms with E-state index >= 15 is 0 Å². The molecule has 5 rings (SSSR count). The zero-order chi connectivity index (χ0) is 22.1. The molecule has 2 saturated heterocycles. The topological polar surface area (TPSA) is 83.5 Å². The molecule has 0 aliphatic carbocycles. The first-order chi connectivity index (χ1) is 15.5. The summed E-state index contributed by atoms with van der Waals surface area (Å²) in [6.45, 7) is 2.76. The van der Waals surface area contributed by atoms with E-state index in [1.807, 2.05) is 23.1 Å². The minimum Gasteiger partial charge on any atom is -0.339 e. The number of sulfone groups is 1. The van der Waals surface area contributed by atoms with Crippen molar-refractivity contribution in [1.82, 2.24) is 19.8 Å². The molecule has 32 heavy (non-hydrogen) atoms. The third-order valence-electron chi connectivity index (χ3n) is 6.08. The molecule has 2 aromatic heterocycles. The predicted molar refractivity (Wildman–Crippen MR) is 129 cm³/mol. The van der Waals surface area contributed by atoms with Gasteiger partial charge in [-0.2, -0.15) is 0 Å². The fraction of sp³-hybridized carbons (Fsp3) is 0.409. The van der Waals surface area contributed by atoms with Crippen LogP contribution in [0, 0.1) is 0 Å². The summed E-state index contributed by atoms with van der Waals surface area (Å²) >= 11 is 3.09. The van der Waals surface area contributed by atoms with Gasteiger partial charge in [-0.25, -0.2) is 18.4 Å². The molecule has 10 heteroatoms. The molecule has 0 N–H and O–H groups in total. The van der Waals surface area contributed by atoms with E-state index in [0.29, 0.717) is 25.3 Å². The van der Waals surface area contributed by atoms with Gasteiger partial charge < -0.3 is 4.90 Å². The van der Waals surface area contributed by atoms with E-state index in [1.54, 1.807) is 17.7 Å². The molecule has 168 valence electrons. The van der Waals surface area contributed by atoms with Gasteiger partial charge in [0, 0.05) is 42.5 Å². The van der Waals surface area contributed by atoms with Gasteiger partial charge in [0.1, 0.15) is 16.2 Å². The Bertz CT molecular complexity index is 1220. The van der Waals surface area contributed by atoms with E-state index in [9.17, 15) is 13.2 Å². The Morgan fingerprint density at radius 3 is 2.62 bits per heavy atom. The summed E-state index contributed by atoms with van der Waals surface area (Å²) in [5.41, 5.74) is 1.15. The van der Waals surface area contributed by atoms with Crippen LogP contribution in [0.25, 0.3) is 20.7 Å². The first kappa shape index (κ1) is 21.8. The smallest absolute Gasteiger partial charge is 0.233 e. The molecule has 7 nitrogen and oxygen atoms in total. The highest BCUT2D eigenvalue weighted by molar-refractivity contribution is 8.00. The molecule has 2 aliphatic heterocycles. The molecule has 0 radical (unpaired) electrons. The van der Waals surface area contributed by atoms with Crippen molar-refractivity contribution >= 4 is 49.1 Å². The number of benzene rings is 1. The van der Waals surface area contributed by atoms with E-state index in [4.69, 9.17) is 0 Å². The third-order valence-corrected chi connectivity index (χ3v) is 9.91. The van der Waals surface area contributed by atoms with Crippen LogP contribution in [0.3, 0.4) is 0 Å². The quantitative estimate of drug-likeness (QED) is 0.403. The van der Waals surface area contributed by atoms with Crippen LogP contribution in [0.15, 0.2) is 47.8 Å². The first-order valence-electron chi connectivity index (χ1n) is 10.6. The number of carbonyl (C=O) groups is 1. The number of carbonyl (C=O) groups excluding carboxylic acids is 1. The summed E-state index contributed by atoms with van der Waals surface area (Å²) < 4.78 is 23.5. The maximum Gasteiger partial charge on any atom is 0.233 e. The molecule has 2 fully saturated rings. The number of amides is 1. The van der Waals surface area contributed by atoms with Crippen LogP contribution in [-0.4, -0.2) is 83.6 Å². The number of hydrogen-bond acceptors (Lipinski definition) is 8. The van der Waals surface area contributed by atoms with Crippen molar-refractivity contribution in [2.45, 2.75) is 17.5 Å². The number of hydrogen-bond donors (Lipinski definition) is 0. The Morgan fingerprint density at radius 1 is 1.12 bits per heavy atom. The van der Waals surface area contributed by atoms with Gasteiger partial charge in [0.15, 0.2) is 9.84 Å². The first-order valence-corrected chi connectivity index (χ1v) is 14.3. The molecular formula is C22H24N4O3S3. The van der Waals surface area contributed by atoms with Crippen LogP contribution in [0.5, 0.6) is 0 Å². The minimum atomic E-state index is -2.88. The molecule has 0 spiro atoms. The summed E-state index contributed by atoms with van der Waals surface area (Å²) in [6, 6.07) is 12.4. The largest absolute Gasteiger partial charge is 0.339 e. The van der Waals surface area contributed by atoms with E-state index in [-0.39, 0.29) is 23.5 Å². The van der Waals surface area contributed by atoms with Gasteiger partial charge >= 0.3 is 0 Å². The zero-order valence-electron chi connectivity index (χ0n) is 17.5. The minimum absolute atomic E-state index is 0.0963. The maximum absolute atomic E-state index is 12.8. The summed E-state index contributed by atoms with van der Waals surface area (Å²) in [5, 5.41) is 1.82. The van der Waals surface area contributed by atoms with Crippen molar-refractivity contribution in [3.05, 3.63) is 42.7 Å². The van der Waals surface area contributed by atoms with Crippen molar-refractivity contribution in [2.75, 3.05) is 43.4 Å². The summed E-state index contributed by atoms with van der Waals surface area (Å²) in [6.07, 6.45) is 2.27.